The molecule has 1 aromatic heterocycles. The smallest absolute Gasteiger partial charge is 0.259 e. The zero-order chi connectivity index (χ0) is 14.5. The first-order chi connectivity index (χ1) is 9.56. The molecule has 20 heavy (non-hydrogen) atoms. The van der Waals surface area contributed by atoms with Gasteiger partial charge in [0.1, 0.15) is 0 Å². The van der Waals surface area contributed by atoms with Gasteiger partial charge in [-0.2, -0.15) is 0 Å². The molecule has 0 radical (unpaired) electrons. The summed E-state index contributed by atoms with van der Waals surface area (Å²) >= 11 is 10.6. The third kappa shape index (κ3) is 4.22. The topological polar surface area (TPSA) is 54.0 Å². The molecule has 0 saturated carbocycles. The van der Waals surface area contributed by atoms with Crippen LogP contribution in [0.3, 0.4) is 0 Å². The largest absolute Gasteiger partial charge is 0.332 e. The van der Waals surface area contributed by atoms with Crippen LogP contribution in [0.5, 0.6) is 0 Å². The van der Waals surface area contributed by atoms with Crippen LogP contribution in [0, 0.1) is 3.57 Å². The summed E-state index contributed by atoms with van der Waals surface area (Å²) < 4.78 is 1.76. The van der Waals surface area contributed by atoms with E-state index in [-0.39, 0.29) is 11.0 Å². The number of hydrogen-bond acceptors (Lipinski definition) is 3. The van der Waals surface area contributed by atoms with Crippen molar-refractivity contribution in [3.05, 3.63) is 56.3 Å². The van der Waals surface area contributed by atoms with Gasteiger partial charge in [-0.25, -0.2) is 0 Å². The van der Waals surface area contributed by atoms with Crippen LogP contribution >= 0.6 is 50.7 Å². The van der Waals surface area contributed by atoms with Crippen molar-refractivity contribution in [3.63, 3.8) is 0 Å². The average Bonchev–Trinajstić information content (AvgIpc) is 2.41. The number of nitrogens with one attached hydrogen (secondary N) is 2. The zero-order valence-corrected chi connectivity index (χ0v) is 14.6. The lowest BCUT2D eigenvalue weighted by molar-refractivity contribution is 0.0977. The molecular weight excluding hydrogens is 453 g/mol. The van der Waals surface area contributed by atoms with Crippen LogP contribution in [0.4, 0.5) is 5.69 Å². The number of hydrogen-bond donors (Lipinski definition) is 2. The van der Waals surface area contributed by atoms with E-state index < -0.39 is 0 Å². The number of halogens is 2. The number of amides is 1. The number of pyridine rings is 1. The van der Waals surface area contributed by atoms with Gasteiger partial charge in [0, 0.05) is 20.4 Å². The number of para-hydroxylation sites is 1. The molecule has 1 aromatic carbocycles. The molecule has 0 atom stereocenters. The zero-order valence-electron chi connectivity index (χ0n) is 10.1. The fraction of sp³-hybridized carbons (Fsp3) is 0. The van der Waals surface area contributed by atoms with E-state index in [9.17, 15) is 4.79 Å². The summed E-state index contributed by atoms with van der Waals surface area (Å²) in [5, 5.41) is 5.85. The fourth-order valence-electron chi connectivity index (χ4n) is 1.43. The number of thiocarbonyl (C=S) groups is 1. The van der Waals surface area contributed by atoms with Crippen molar-refractivity contribution in [2.24, 2.45) is 0 Å². The standard InChI is InChI=1S/C13H9BrIN3OS/c14-9-5-8(6-16-7-9)12(19)18-13(20)17-11-4-2-1-3-10(11)15/h1-7H,(H2,17,18,19,20). The highest BCUT2D eigenvalue weighted by molar-refractivity contribution is 14.1. The number of anilines is 1. The molecule has 1 amide bonds. The maximum atomic E-state index is 12.0. The van der Waals surface area contributed by atoms with Gasteiger partial charge in [-0.3, -0.25) is 15.1 Å². The van der Waals surface area contributed by atoms with Crippen LogP contribution in [-0.4, -0.2) is 16.0 Å². The summed E-state index contributed by atoms with van der Waals surface area (Å²) in [6.07, 6.45) is 3.09. The van der Waals surface area contributed by atoms with E-state index in [1.54, 1.807) is 12.3 Å². The van der Waals surface area contributed by atoms with Crippen LogP contribution in [0.2, 0.25) is 0 Å². The van der Waals surface area contributed by atoms with Crippen LogP contribution in [0.1, 0.15) is 10.4 Å². The summed E-state index contributed by atoms with van der Waals surface area (Å²) in [7, 11) is 0. The molecule has 0 aliphatic rings. The molecule has 102 valence electrons. The third-order valence-corrected chi connectivity index (χ3v) is 3.89. The van der Waals surface area contributed by atoms with Crippen LogP contribution in [0.15, 0.2) is 47.2 Å². The maximum Gasteiger partial charge on any atom is 0.259 e. The Morgan fingerprint density at radius 3 is 2.75 bits per heavy atom. The molecule has 4 nitrogen and oxygen atoms in total. The van der Waals surface area contributed by atoms with E-state index in [4.69, 9.17) is 12.2 Å². The minimum absolute atomic E-state index is 0.249. The van der Waals surface area contributed by atoms with Gasteiger partial charge < -0.3 is 5.32 Å². The van der Waals surface area contributed by atoms with E-state index in [0.29, 0.717) is 5.56 Å². The SMILES string of the molecule is O=C(NC(=S)Nc1ccccc1I)c1cncc(Br)c1. The monoisotopic (exact) mass is 461 g/mol. The van der Waals surface area contributed by atoms with Gasteiger partial charge in [0.15, 0.2) is 5.11 Å². The molecule has 0 fully saturated rings. The molecule has 0 saturated heterocycles. The molecule has 0 aliphatic carbocycles. The second-order valence-electron chi connectivity index (χ2n) is 3.78. The third-order valence-electron chi connectivity index (χ3n) is 2.32. The van der Waals surface area contributed by atoms with Crippen LogP contribution < -0.4 is 10.6 Å². The molecule has 0 bridgehead atoms. The van der Waals surface area contributed by atoms with Gasteiger partial charge in [0.05, 0.1) is 11.3 Å². The Labute approximate surface area is 143 Å². The predicted molar refractivity (Wildman–Crippen MR) is 94.8 cm³/mol. The van der Waals surface area contributed by atoms with Gasteiger partial charge in [0.25, 0.3) is 5.91 Å². The quantitative estimate of drug-likeness (QED) is 0.530. The van der Waals surface area contributed by atoms with Crippen molar-refractivity contribution in [1.29, 1.82) is 0 Å². The van der Waals surface area contributed by atoms with E-state index in [0.717, 1.165) is 13.7 Å². The average molecular weight is 462 g/mol. The van der Waals surface area contributed by atoms with Crippen molar-refractivity contribution in [1.82, 2.24) is 10.3 Å². The number of carbonyl (C=O) groups excluding carboxylic acids is 1. The Bertz CT molecular complexity index is 666. The summed E-state index contributed by atoms with van der Waals surface area (Å²) in [5.41, 5.74) is 1.29. The number of carbonyl (C=O) groups is 1. The Balaban J connectivity index is 2.02. The molecule has 2 aromatic rings. The van der Waals surface area contributed by atoms with Crippen LogP contribution in [0.25, 0.3) is 0 Å². The van der Waals surface area contributed by atoms with Crippen molar-refractivity contribution >= 4 is 67.4 Å². The maximum absolute atomic E-state index is 12.0. The molecule has 1 heterocycles. The van der Waals surface area contributed by atoms with Crippen molar-refractivity contribution < 1.29 is 4.79 Å². The lowest BCUT2D eigenvalue weighted by atomic mass is 10.3. The second kappa shape index (κ2) is 7.09. The highest BCUT2D eigenvalue weighted by Gasteiger charge is 2.09. The molecule has 0 spiro atoms. The summed E-state index contributed by atoms with van der Waals surface area (Å²) in [4.78, 5) is 15.9. The van der Waals surface area contributed by atoms with Crippen molar-refractivity contribution in [2.45, 2.75) is 0 Å². The molecular formula is C13H9BrIN3OS. The lowest BCUT2D eigenvalue weighted by Crippen LogP contribution is -2.34. The highest BCUT2D eigenvalue weighted by atomic mass is 127. The molecule has 2 N–H and O–H groups in total. The van der Waals surface area contributed by atoms with Gasteiger partial charge in [0.2, 0.25) is 0 Å². The highest BCUT2D eigenvalue weighted by Crippen LogP contribution is 2.16. The molecule has 2 rings (SSSR count). The van der Waals surface area contributed by atoms with E-state index >= 15 is 0 Å². The Morgan fingerprint density at radius 2 is 2.05 bits per heavy atom. The predicted octanol–water partition coefficient (Wildman–Crippen LogP) is 3.58. The lowest BCUT2D eigenvalue weighted by Gasteiger charge is -2.10. The summed E-state index contributed by atoms with van der Waals surface area (Å²) in [6, 6.07) is 9.35. The van der Waals surface area contributed by atoms with E-state index in [1.165, 1.54) is 6.20 Å². The Morgan fingerprint density at radius 1 is 1.30 bits per heavy atom. The van der Waals surface area contributed by atoms with Crippen molar-refractivity contribution in [2.75, 3.05) is 5.32 Å². The number of benzene rings is 1. The second-order valence-corrected chi connectivity index (χ2v) is 6.27. The molecule has 0 unspecified atom stereocenters. The normalized spacial score (nSPS) is 9.90. The minimum atomic E-state index is -0.303. The van der Waals surface area contributed by atoms with Crippen molar-refractivity contribution in [3.8, 4) is 0 Å². The van der Waals surface area contributed by atoms with Gasteiger partial charge in [-0.05, 0) is 68.9 Å². The van der Waals surface area contributed by atoms with Gasteiger partial charge >= 0.3 is 0 Å². The number of rotatable bonds is 2. The van der Waals surface area contributed by atoms with Crippen LogP contribution in [-0.2, 0) is 0 Å². The molecule has 7 heteroatoms. The first-order valence-corrected chi connectivity index (χ1v) is 7.81. The Kier molecular flexibility index (Phi) is 5.44. The summed E-state index contributed by atoms with van der Waals surface area (Å²) in [5.74, 6) is -0.303. The fourth-order valence-corrected chi connectivity index (χ4v) is 2.52. The first kappa shape index (κ1) is 15.3. The van der Waals surface area contributed by atoms with Gasteiger partial charge in [-0.15, -0.1) is 0 Å². The van der Waals surface area contributed by atoms with E-state index in [2.05, 4.69) is 54.1 Å². The number of nitrogens with zero attached hydrogens (tertiary/aromatic N) is 1. The van der Waals surface area contributed by atoms with Gasteiger partial charge in [-0.1, -0.05) is 12.1 Å². The molecule has 0 aliphatic heterocycles. The number of aromatic nitrogens is 1. The summed E-state index contributed by atoms with van der Waals surface area (Å²) in [6.45, 7) is 0. The first-order valence-electron chi connectivity index (χ1n) is 5.53. The van der Waals surface area contributed by atoms with E-state index in [1.807, 2.05) is 24.3 Å². The minimum Gasteiger partial charge on any atom is -0.332 e. The Hall–Kier alpha value is -1.06.